The Bertz CT molecular complexity index is 315. The Morgan fingerprint density at radius 3 is 2.67 bits per heavy atom. The van der Waals surface area contributed by atoms with Gasteiger partial charge >= 0.3 is 0 Å². The lowest BCUT2D eigenvalue weighted by molar-refractivity contribution is 0.144. The summed E-state index contributed by atoms with van der Waals surface area (Å²) in [5.41, 5.74) is 1.23. The first-order chi connectivity index (χ1) is 7.38. The van der Waals surface area contributed by atoms with Gasteiger partial charge in [0.2, 0.25) is 0 Å². The van der Waals surface area contributed by atoms with Crippen molar-refractivity contribution in [1.29, 1.82) is 0 Å². The fraction of sp³-hybridized carbons (Fsp3) is 0.429. The Morgan fingerprint density at radius 1 is 1.07 bits per heavy atom. The number of hydrogen-bond donors (Lipinski definition) is 1. The molecule has 2 rings (SSSR count). The fourth-order valence-electron chi connectivity index (χ4n) is 2.17. The van der Waals surface area contributed by atoms with E-state index in [1.807, 2.05) is 18.2 Å². The maximum Gasteiger partial charge on any atom is 0.0643 e. The molecule has 0 unspecified atom stereocenters. The van der Waals surface area contributed by atoms with E-state index in [1.54, 1.807) is 0 Å². The zero-order chi connectivity index (χ0) is 10.5. The minimum absolute atomic E-state index is 0.187. The van der Waals surface area contributed by atoms with Crippen molar-refractivity contribution in [3.63, 3.8) is 0 Å². The molecule has 1 aliphatic carbocycles. The molecule has 1 heteroatoms. The third-order valence-electron chi connectivity index (χ3n) is 3.06. The van der Waals surface area contributed by atoms with Crippen molar-refractivity contribution in [2.75, 3.05) is 0 Å². The topological polar surface area (TPSA) is 20.2 Å². The predicted octanol–water partition coefficient (Wildman–Crippen LogP) is 3.26. The van der Waals surface area contributed by atoms with Crippen LogP contribution < -0.4 is 0 Å². The quantitative estimate of drug-likeness (QED) is 0.693. The zero-order valence-corrected chi connectivity index (χ0v) is 8.97. The minimum Gasteiger partial charge on any atom is -0.392 e. The molecular formula is C14H18O. The largest absolute Gasteiger partial charge is 0.392 e. The summed E-state index contributed by atoms with van der Waals surface area (Å²) in [6, 6.07) is 10.3. The van der Waals surface area contributed by atoms with E-state index in [4.69, 9.17) is 0 Å². The van der Waals surface area contributed by atoms with Gasteiger partial charge in [0, 0.05) is 5.92 Å². The van der Waals surface area contributed by atoms with Crippen LogP contribution in [0.1, 0.15) is 37.2 Å². The first kappa shape index (κ1) is 10.4. The van der Waals surface area contributed by atoms with Gasteiger partial charge in [-0.25, -0.2) is 0 Å². The molecule has 0 saturated carbocycles. The molecule has 0 bridgehead atoms. The molecule has 0 aliphatic heterocycles. The second-order valence-electron chi connectivity index (χ2n) is 4.22. The zero-order valence-electron chi connectivity index (χ0n) is 8.97. The molecule has 15 heavy (non-hydrogen) atoms. The van der Waals surface area contributed by atoms with Crippen molar-refractivity contribution in [2.45, 2.75) is 37.7 Å². The Morgan fingerprint density at radius 2 is 1.87 bits per heavy atom. The van der Waals surface area contributed by atoms with Crippen molar-refractivity contribution in [3.8, 4) is 0 Å². The van der Waals surface area contributed by atoms with Crippen LogP contribution in [0.5, 0.6) is 0 Å². The van der Waals surface area contributed by atoms with E-state index in [0.717, 1.165) is 19.3 Å². The third-order valence-corrected chi connectivity index (χ3v) is 3.06. The lowest BCUT2D eigenvalue weighted by atomic mass is 9.88. The number of aliphatic hydroxyl groups is 1. The average Bonchev–Trinajstić information content (AvgIpc) is 2.25. The van der Waals surface area contributed by atoms with E-state index in [9.17, 15) is 5.11 Å². The highest BCUT2D eigenvalue weighted by Crippen LogP contribution is 2.26. The summed E-state index contributed by atoms with van der Waals surface area (Å²) in [6.07, 6.45) is 8.56. The van der Waals surface area contributed by atoms with Crippen molar-refractivity contribution < 1.29 is 5.11 Å². The first-order valence-corrected chi connectivity index (χ1v) is 5.77. The van der Waals surface area contributed by atoms with E-state index >= 15 is 0 Å². The highest BCUT2D eigenvalue weighted by Gasteiger charge is 2.18. The molecule has 1 aliphatic rings. The average molecular weight is 202 g/mol. The Kier molecular flexibility index (Phi) is 3.57. The molecule has 0 heterocycles. The molecule has 1 nitrogen and oxygen atoms in total. The van der Waals surface area contributed by atoms with Crippen molar-refractivity contribution in [2.24, 2.45) is 0 Å². The molecule has 1 aromatic carbocycles. The van der Waals surface area contributed by atoms with E-state index in [1.165, 1.54) is 12.0 Å². The van der Waals surface area contributed by atoms with Gasteiger partial charge in [-0.3, -0.25) is 0 Å². The van der Waals surface area contributed by atoms with Crippen molar-refractivity contribution in [3.05, 3.63) is 48.0 Å². The van der Waals surface area contributed by atoms with Crippen molar-refractivity contribution >= 4 is 0 Å². The number of hydrogen-bond acceptors (Lipinski definition) is 1. The van der Waals surface area contributed by atoms with Crippen LogP contribution >= 0.6 is 0 Å². The van der Waals surface area contributed by atoms with Gasteiger partial charge in [-0.15, -0.1) is 0 Å². The molecule has 1 aromatic rings. The summed E-state index contributed by atoms with van der Waals surface area (Å²) in [6.45, 7) is 0. The lowest BCUT2D eigenvalue weighted by Crippen LogP contribution is -2.17. The molecule has 0 aromatic heterocycles. The SMILES string of the molecule is O[C@H]1CCCC/C=C\[C@@H]1c1ccccc1. The normalized spacial score (nSPS) is 29.1. The van der Waals surface area contributed by atoms with Gasteiger partial charge < -0.3 is 5.11 Å². The monoisotopic (exact) mass is 202 g/mol. The predicted molar refractivity (Wildman–Crippen MR) is 62.8 cm³/mol. The molecule has 0 fully saturated rings. The number of benzene rings is 1. The molecule has 2 atom stereocenters. The van der Waals surface area contributed by atoms with E-state index in [-0.39, 0.29) is 12.0 Å². The standard InChI is InChI=1S/C14H18O/c15-14-11-7-2-1-6-10-13(14)12-8-4-3-5-9-12/h3-6,8-10,13-15H,1-2,7,11H2/b10-6-/t13-,14+/m1/s1. The highest BCUT2D eigenvalue weighted by molar-refractivity contribution is 5.25. The Labute approximate surface area is 91.4 Å². The summed E-state index contributed by atoms with van der Waals surface area (Å²) in [5.74, 6) is 0.187. The summed E-state index contributed by atoms with van der Waals surface area (Å²) in [5, 5.41) is 10.1. The molecular weight excluding hydrogens is 184 g/mol. The third kappa shape index (κ3) is 2.69. The number of rotatable bonds is 1. The Hall–Kier alpha value is -1.08. The van der Waals surface area contributed by atoms with Gasteiger partial charge in [0.25, 0.3) is 0 Å². The molecule has 80 valence electrons. The lowest BCUT2D eigenvalue weighted by Gasteiger charge is -2.22. The van der Waals surface area contributed by atoms with Crippen LogP contribution in [0.2, 0.25) is 0 Å². The summed E-state index contributed by atoms with van der Waals surface area (Å²) >= 11 is 0. The first-order valence-electron chi connectivity index (χ1n) is 5.77. The van der Waals surface area contributed by atoms with Crippen LogP contribution in [-0.2, 0) is 0 Å². The molecule has 1 N–H and O–H groups in total. The summed E-state index contributed by atoms with van der Waals surface area (Å²) in [4.78, 5) is 0. The number of allylic oxidation sites excluding steroid dienone is 1. The van der Waals surface area contributed by atoms with Gasteiger partial charge in [0.15, 0.2) is 0 Å². The van der Waals surface area contributed by atoms with E-state index < -0.39 is 0 Å². The number of aliphatic hydroxyl groups excluding tert-OH is 1. The van der Waals surface area contributed by atoms with Gasteiger partial charge in [-0.05, 0) is 24.8 Å². The smallest absolute Gasteiger partial charge is 0.0643 e. The van der Waals surface area contributed by atoms with E-state index in [2.05, 4.69) is 24.3 Å². The maximum absolute atomic E-state index is 10.1. The van der Waals surface area contributed by atoms with E-state index in [0.29, 0.717) is 0 Å². The second kappa shape index (κ2) is 5.13. The van der Waals surface area contributed by atoms with Crippen LogP contribution in [0.3, 0.4) is 0 Å². The van der Waals surface area contributed by atoms with Gasteiger partial charge in [0.05, 0.1) is 6.10 Å². The summed E-state index contributed by atoms with van der Waals surface area (Å²) in [7, 11) is 0. The van der Waals surface area contributed by atoms with Crippen LogP contribution in [0.25, 0.3) is 0 Å². The van der Waals surface area contributed by atoms with Crippen LogP contribution in [-0.4, -0.2) is 11.2 Å². The van der Waals surface area contributed by atoms with Crippen LogP contribution in [0.15, 0.2) is 42.5 Å². The Balaban J connectivity index is 2.20. The molecule has 0 radical (unpaired) electrons. The highest BCUT2D eigenvalue weighted by atomic mass is 16.3. The van der Waals surface area contributed by atoms with Crippen LogP contribution in [0, 0.1) is 0 Å². The summed E-state index contributed by atoms with van der Waals surface area (Å²) < 4.78 is 0. The second-order valence-corrected chi connectivity index (χ2v) is 4.22. The fourth-order valence-corrected chi connectivity index (χ4v) is 2.17. The van der Waals surface area contributed by atoms with Gasteiger partial charge in [-0.2, -0.15) is 0 Å². The maximum atomic E-state index is 10.1. The molecule has 0 saturated heterocycles. The van der Waals surface area contributed by atoms with Crippen LogP contribution in [0.4, 0.5) is 0 Å². The van der Waals surface area contributed by atoms with Gasteiger partial charge in [-0.1, -0.05) is 48.9 Å². The van der Waals surface area contributed by atoms with Gasteiger partial charge in [0.1, 0.15) is 0 Å². The minimum atomic E-state index is -0.219. The molecule has 0 amide bonds. The van der Waals surface area contributed by atoms with Crippen molar-refractivity contribution in [1.82, 2.24) is 0 Å². The molecule has 0 spiro atoms.